The molecule has 7 nitrogen and oxygen atoms in total. The maximum absolute atomic E-state index is 12.9. The molecule has 1 fully saturated rings. The van der Waals surface area contributed by atoms with Gasteiger partial charge in [0.25, 0.3) is 0 Å². The van der Waals surface area contributed by atoms with E-state index in [1.807, 2.05) is 42.3 Å². The molecule has 31 heavy (non-hydrogen) atoms. The van der Waals surface area contributed by atoms with Gasteiger partial charge in [0.05, 0.1) is 6.10 Å². The first-order chi connectivity index (χ1) is 14.9. The zero-order chi connectivity index (χ0) is 21.7. The van der Waals surface area contributed by atoms with E-state index < -0.39 is 17.5 Å². The van der Waals surface area contributed by atoms with Crippen molar-refractivity contribution in [2.45, 2.75) is 18.4 Å². The summed E-state index contributed by atoms with van der Waals surface area (Å²) in [4.78, 5) is 19.4. The van der Waals surface area contributed by atoms with Crippen LogP contribution in [0, 0.1) is 0 Å². The van der Waals surface area contributed by atoms with Gasteiger partial charge in [-0.05, 0) is 31.5 Å². The summed E-state index contributed by atoms with van der Waals surface area (Å²) in [6.45, 7) is 1.16. The highest BCUT2D eigenvalue weighted by atomic mass is 16.3. The standard InChI is InChI=1S/C24H22N2O5/c1-26-7-6-15(20(30)12-26)22-17(27)9-18(28)23-19(29)10-21(31-24(22)23)16-8-13-4-2-3-5-14(13)11-25-16/h2-5,8-11,15,20,27-28,30H,6-7,12H2,1H3/t15-,20+/m0/s1. The zero-order valence-corrected chi connectivity index (χ0v) is 16.9. The SMILES string of the molecule is CN1CC[C@H](c2c(O)cc(O)c3c(=O)cc(-c4cc5ccccc5cn4)oc23)[C@H](O)C1. The summed E-state index contributed by atoms with van der Waals surface area (Å²) >= 11 is 0. The second-order valence-corrected chi connectivity index (χ2v) is 8.15. The second-order valence-electron chi connectivity index (χ2n) is 8.15. The first-order valence-electron chi connectivity index (χ1n) is 10.2. The van der Waals surface area contributed by atoms with Crippen LogP contribution in [0.1, 0.15) is 17.9 Å². The van der Waals surface area contributed by atoms with Gasteiger partial charge < -0.3 is 24.6 Å². The van der Waals surface area contributed by atoms with Crippen LogP contribution in [0.4, 0.5) is 0 Å². The number of benzene rings is 2. The summed E-state index contributed by atoms with van der Waals surface area (Å²) in [5.41, 5.74) is 0.458. The van der Waals surface area contributed by atoms with Crippen LogP contribution in [0.5, 0.6) is 11.5 Å². The molecule has 0 radical (unpaired) electrons. The number of fused-ring (bicyclic) bond motifs is 2. The largest absolute Gasteiger partial charge is 0.507 e. The minimum atomic E-state index is -0.745. The molecule has 0 saturated carbocycles. The molecule has 7 heteroatoms. The van der Waals surface area contributed by atoms with Crippen molar-refractivity contribution in [1.82, 2.24) is 9.88 Å². The Morgan fingerprint density at radius 2 is 1.87 bits per heavy atom. The van der Waals surface area contributed by atoms with E-state index in [9.17, 15) is 20.1 Å². The predicted octanol–water partition coefficient (Wildman–Crippen LogP) is 3.20. The summed E-state index contributed by atoms with van der Waals surface area (Å²) in [5.74, 6) is -0.755. The van der Waals surface area contributed by atoms with Gasteiger partial charge in [-0.2, -0.15) is 0 Å². The summed E-state index contributed by atoms with van der Waals surface area (Å²) < 4.78 is 6.09. The number of phenols is 2. The minimum Gasteiger partial charge on any atom is -0.507 e. The predicted molar refractivity (Wildman–Crippen MR) is 117 cm³/mol. The van der Waals surface area contributed by atoms with Crippen LogP contribution in [-0.4, -0.2) is 51.4 Å². The highest BCUT2D eigenvalue weighted by Gasteiger charge is 2.33. The molecular weight excluding hydrogens is 396 g/mol. The van der Waals surface area contributed by atoms with E-state index in [1.54, 1.807) is 6.20 Å². The quantitative estimate of drug-likeness (QED) is 0.459. The number of likely N-dealkylation sites (N-methyl/N-ethyl adjacent to an activating group) is 1. The molecule has 0 amide bonds. The summed E-state index contributed by atoms with van der Waals surface area (Å²) in [7, 11) is 1.91. The van der Waals surface area contributed by atoms with Gasteiger partial charge in [-0.3, -0.25) is 9.78 Å². The number of hydrogen-bond acceptors (Lipinski definition) is 7. The first kappa shape index (κ1) is 19.5. The smallest absolute Gasteiger partial charge is 0.197 e. The van der Waals surface area contributed by atoms with Gasteiger partial charge in [-0.25, -0.2) is 0 Å². The maximum Gasteiger partial charge on any atom is 0.197 e. The topological polar surface area (TPSA) is 107 Å². The molecule has 5 rings (SSSR count). The van der Waals surface area contributed by atoms with Crippen molar-refractivity contribution in [1.29, 1.82) is 0 Å². The zero-order valence-electron chi connectivity index (χ0n) is 16.9. The first-order valence-corrected chi connectivity index (χ1v) is 10.2. The number of rotatable bonds is 2. The number of nitrogens with zero attached hydrogens (tertiary/aromatic N) is 2. The van der Waals surface area contributed by atoms with Crippen LogP contribution in [-0.2, 0) is 0 Å². The van der Waals surface area contributed by atoms with Gasteiger partial charge in [-0.1, -0.05) is 24.3 Å². The third-order valence-corrected chi connectivity index (χ3v) is 6.04. The van der Waals surface area contributed by atoms with Gasteiger partial charge >= 0.3 is 0 Å². The molecule has 0 bridgehead atoms. The number of pyridine rings is 1. The summed E-state index contributed by atoms with van der Waals surface area (Å²) in [6.07, 6.45) is 1.54. The third-order valence-electron chi connectivity index (χ3n) is 6.04. The monoisotopic (exact) mass is 418 g/mol. The van der Waals surface area contributed by atoms with Crippen LogP contribution < -0.4 is 5.43 Å². The van der Waals surface area contributed by atoms with Crippen molar-refractivity contribution in [2.24, 2.45) is 0 Å². The van der Waals surface area contributed by atoms with Gasteiger partial charge in [0.15, 0.2) is 11.2 Å². The Hall–Kier alpha value is -3.42. The van der Waals surface area contributed by atoms with Crippen LogP contribution in [0.2, 0.25) is 0 Å². The average molecular weight is 418 g/mol. The number of aromatic nitrogens is 1. The van der Waals surface area contributed by atoms with Gasteiger partial charge in [-0.15, -0.1) is 0 Å². The van der Waals surface area contributed by atoms with E-state index >= 15 is 0 Å². The summed E-state index contributed by atoms with van der Waals surface area (Å²) in [6, 6.07) is 12.0. The number of likely N-dealkylation sites (tertiary alicyclic amines) is 1. The molecule has 0 spiro atoms. The van der Waals surface area contributed by atoms with E-state index in [4.69, 9.17) is 4.42 Å². The highest BCUT2D eigenvalue weighted by Crippen LogP contribution is 2.42. The molecule has 3 heterocycles. The Balaban J connectivity index is 1.74. The fourth-order valence-corrected chi connectivity index (χ4v) is 4.45. The van der Waals surface area contributed by atoms with Crippen molar-refractivity contribution in [3.05, 3.63) is 64.4 Å². The number of aliphatic hydroxyl groups excluding tert-OH is 1. The average Bonchev–Trinajstić information content (AvgIpc) is 2.74. The molecule has 0 unspecified atom stereocenters. The molecule has 158 valence electrons. The van der Waals surface area contributed by atoms with E-state index in [0.717, 1.165) is 23.4 Å². The molecule has 3 N–H and O–H groups in total. The third kappa shape index (κ3) is 3.32. The van der Waals surface area contributed by atoms with Crippen molar-refractivity contribution >= 4 is 21.7 Å². The lowest BCUT2D eigenvalue weighted by Crippen LogP contribution is -2.40. The number of piperidine rings is 1. The molecular formula is C24H22N2O5. The molecule has 1 aliphatic heterocycles. The van der Waals surface area contributed by atoms with Crippen molar-refractivity contribution in [3.8, 4) is 23.0 Å². The lowest BCUT2D eigenvalue weighted by molar-refractivity contribution is 0.0630. The number of phenolic OH excluding ortho intramolecular Hbond substituents is 2. The molecule has 0 aliphatic carbocycles. The maximum atomic E-state index is 12.9. The Kier molecular flexibility index (Phi) is 4.64. The van der Waals surface area contributed by atoms with E-state index in [1.165, 1.54) is 6.07 Å². The lowest BCUT2D eigenvalue weighted by Gasteiger charge is -2.34. The van der Waals surface area contributed by atoms with Crippen LogP contribution in [0.3, 0.4) is 0 Å². The van der Waals surface area contributed by atoms with Gasteiger partial charge in [0, 0.05) is 41.7 Å². The molecule has 2 aromatic heterocycles. The molecule has 2 atom stereocenters. The Bertz CT molecular complexity index is 1360. The van der Waals surface area contributed by atoms with E-state index in [2.05, 4.69) is 4.98 Å². The fraction of sp³-hybridized carbons (Fsp3) is 0.250. The minimum absolute atomic E-state index is 0.0107. The Morgan fingerprint density at radius 3 is 2.65 bits per heavy atom. The van der Waals surface area contributed by atoms with Crippen molar-refractivity contribution < 1.29 is 19.7 Å². The molecule has 1 aliphatic rings. The van der Waals surface area contributed by atoms with Gasteiger partial charge in [0.2, 0.25) is 0 Å². The normalized spacial score (nSPS) is 19.8. The molecule has 1 saturated heterocycles. The Morgan fingerprint density at radius 1 is 1.10 bits per heavy atom. The summed E-state index contributed by atoms with van der Waals surface area (Å²) in [5, 5.41) is 33.6. The number of hydrogen-bond donors (Lipinski definition) is 3. The van der Waals surface area contributed by atoms with Crippen LogP contribution >= 0.6 is 0 Å². The Labute approximate surface area is 177 Å². The van der Waals surface area contributed by atoms with Gasteiger partial charge in [0.1, 0.15) is 28.2 Å². The van der Waals surface area contributed by atoms with Crippen LogP contribution in [0.25, 0.3) is 33.2 Å². The van der Waals surface area contributed by atoms with E-state index in [-0.39, 0.29) is 28.2 Å². The molecule has 4 aromatic rings. The van der Waals surface area contributed by atoms with E-state index in [0.29, 0.717) is 24.2 Å². The molecule has 2 aromatic carbocycles. The lowest BCUT2D eigenvalue weighted by atomic mass is 9.85. The second kappa shape index (κ2) is 7.37. The number of aromatic hydroxyl groups is 2. The van der Waals surface area contributed by atoms with Crippen molar-refractivity contribution in [3.63, 3.8) is 0 Å². The van der Waals surface area contributed by atoms with Crippen molar-refractivity contribution in [2.75, 3.05) is 20.1 Å². The highest BCUT2D eigenvalue weighted by molar-refractivity contribution is 5.90. The number of β-amino-alcohol motifs (C(OH)–C–C–N with tert-alkyl or cyclic N) is 1. The number of aliphatic hydroxyl groups is 1. The fourth-order valence-electron chi connectivity index (χ4n) is 4.45. The van der Waals surface area contributed by atoms with Crippen LogP contribution in [0.15, 0.2) is 57.9 Å².